The van der Waals surface area contributed by atoms with Crippen LogP contribution in [0.2, 0.25) is 0 Å². The monoisotopic (exact) mass is 594 g/mol. The van der Waals surface area contributed by atoms with Crippen LogP contribution >= 0.6 is 22.6 Å². The van der Waals surface area contributed by atoms with E-state index >= 15 is 0 Å². The van der Waals surface area contributed by atoms with E-state index in [9.17, 15) is 13.2 Å². The van der Waals surface area contributed by atoms with Crippen LogP contribution in [0.1, 0.15) is 35.7 Å². The van der Waals surface area contributed by atoms with E-state index in [1.54, 1.807) is 13.4 Å². The van der Waals surface area contributed by atoms with Gasteiger partial charge in [-0.15, -0.1) is 0 Å². The van der Waals surface area contributed by atoms with Crippen LogP contribution in [0.4, 0.5) is 13.2 Å². The SMILES string of the molecule is COc1cc(/C=C2/CCCN3C2=NOCC3c2cc(F)c(F)c(F)c2)c(I)cc1-n1cnc(C)c1. The highest BCUT2D eigenvalue weighted by molar-refractivity contribution is 14.1. The van der Waals surface area contributed by atoms with E-state index in [1.165, 1.54) is 0 Å². The molecule has 0 spiro atoms. The van der Waals surface area contributed by atoms with Gasteiger partial charge >= 0.3 is 0 Å². The Morgan fingerprint density at radius 3 is 2.63 bits per heavy atom. The molecular weight excluding hydrogens is 572 g/mol. The number of benzene rings is 2. The Kier molecular flexibility index (Phi) is 6.47. The molecule has 182 valence electrons. The molecular formula is C25H22F3IN4O2. The lowest BCUT2D eigenvalue weighted by molar-refractivity contribution is 0.0572. The van der Waals surface area contributed by atoms with Crippen molar-refractivity contribution in [3.8, 4) is 11.4 Å². The van der Waals surface area contributed by atoms with E-state index in [2.05, 4.69) is 32.7 Å². The molecule has 2 aliphatic rings. The molecule has 1 fully saturated rings. The van der Waals surface area contributed by atoms with Crippen molar-refractivity contribution in [2.24, 2.45) is 5.16 Å². The van der Waals surface area contributed by atoms with Gasteiger partial charge in [-0.1, -0.05) is 5.16 Å². The van der Waals surface area contributed by atoms with Crippen molar-refractivity contribution in [2.45, 2.75) is 25.8 Å². The second-order valence-corrected chi connectivity index (χ2v) is 9.62. The van der Waals surface area contributed by atoms with Crippen molar-refractivity contribution < 1.29 is 22.7 Å². The number of nitrogens with zero attached hydrogens (tertiary/aromatic N) is 4. The van der Waals surface area contributed by atoms with Crippen LogP contribution in [-0.2, 0) is 4.84 Å². The zero-order valence-corrected chi connectivity index (χ0v) is 21.2. The minimum Gasteiger partial charge on any atom is -0.495 e. The average molecular weight is 594 g/mol. The number of fused-ring (bicyclic) bond motifs is 1. The van der Waals surface area contributed by atoms with E-state index in [1.807, 2.05) is 40.8 Å². The van der Waals surface area contributed by atoms with Crippen LogP contribution in [-0.4, -0.2) is 40.5 Å². The van der Waals surface area contributed by atoms with E-state index in [0.717, 1.165) is 51.1 Å². The molecule has 0 aliphatic carbocycles. The van der Waals surface area contributed by atoms with Gasteiger partial charge in [0.15, 0.2) is 23.3 Å². The number of aryl methyl sites for hydroxylation is 1. The molecule has 6 nitrogen and oxygen atoms in total. The third-order valence-electron chi connectivity index (χ3n) is 6.17. The Balaban J connectivity index is 1.50. The fraction of sp³-hybridized carbons (Fsp3) is 0.280. The molecule has 0 radical (unpaired) electrons. The van der Waals surface area contributed by atoms with Crippen molar-refractivity contribution >= 4 is 34.5 Å². The molecule has 2 aromatic carbocycles. The van der Waals surface area contributed by atoms with Crippen LogP contribution in [0.15, 0.2) is 47.5 Å². The maximum Gasteiger partial charge on any atom is 0.194 e. The van der Waals surface area contributed by atoms with Crippen molar-refractivity contribution in [3.63, 3.8) is 0 Å². The molecule has 1 unspecified atom stereocenters. The fourth-order valence-electron chi connectivity index (χ4n) is 4.47. The zero-order chi connectivity index (χ0) is 24.7. The number of rotatable bonds is 4. The van der Waals surface area contributed by atoms with Crippen LogP contribution in [0.3, 0.4) is 0 Å². The third-order valence-corrected chi connectivity index (χ3v) is 7.11. The Hall–Kier alpha value is -3.02. The molecule has 1 aromatic heterocycles. The Labute approximate surface area is 214 Å². The molecule has 3 heterocycles. The maximum absolute atomic E-state index is 13.9. The lowest BCUT2D eigenvalue weighted by Gasteiger charge is -2.40. The van der Waals surface area contributed by atoms with Gasteiger partial charge in [0, 0.05) is 16.3 Å². The molecule has 1 atom stereocenters. The number of amidine groups is 1. The molecule has 0 bridgehead atoms. The summed E-state index contributed by atoms with van der Waals surface area (Å²) in [7, 11) is 1.62. The molecule has 0 saturated carbocycles. The van der Waals surface area contributed by atoms with Gasteiger partial charge < -0.3 is 19.0 Å². The van der Waals surface area contributed by atoms with Gasteiger partial charge in [0.05, 0.1) is 30.9 Å². The third kappa shape index (κ3) is 4.51. The predicted octanol–water partition coefficient (Wildman–Crippen LogP) is 5.78. The van der Waals surface area contributed by atoms with Crippen molar-refractivity contribution in [3.05, 3.63) is 80.2 Å². The van der Waals surface area contributed by atoms with Crippen molar-refractivity contribution in [2.75, 3.05) is 20.3 Å². The van der Waals surface area contributed by atoms with Gasteiger partial charge in [-0.05, 0) is 89.4 Å². The summed E-state index contributed by atoms with van der Waals surface area (Å²) >= 11 is 2.28. The quantitative estimate of drug-likeness (QED) is 0.284. The predicted molar refractivity (Wildman–Crippen MR) is 134 cm³/mol. The lowest BCUT2D eigenvalue weighted by atomic mass is 9.96. The van der Waals surface area contributed by atoms with Crippen molar-refractivity contribution in [1.82, 2.24) is 14.5 Å². The summed E-state index contributed by atoms with van der Waals surface area (Å²) in [5.74, 6) is -2.60. The van der Waals surface area contributed by atoms with Gasteiger partial charge in [-0.25, -0.2) is 18.2 Å². The number of hydrogen-bond acceptors (Lipinski definition) is 5. The second-order valence-electron chi connectivity index (χ2n) is 8.46. The number of imidazole rings is 1. The molecule has 0 amide bonds. The number of aromatic nitrogens is 2. The molecule has 3 aromatic rings. The molecule has 5 rings (SSSR count). The average Bonchev–Trinajstić information content (AvgIpc) is 3.29. The first-order valence-electron chi connectivity index (χ1n) is 11.1. The largest absolute Gasteiger partial charge is 0.495 e. The number of hydrogen-bond donors (Lipinski definition) is 0. The summed E-state index contributed by atoms with van der Waals surface area (Å²) < 4.78 is 49.9. The van der Waals surface area contributed by atoms with E-state index in [0.29, 0.717) is 23.7 Å². The van der Waals surface area contributed by atoms with E-state index in [4.69, 9.17) is 9.57 Å². The standard InChI is InChI=1S/C25H22F3IN4O2/c1-14-11-32(13-30-14)21-10-20(29)16(9-23(21)34-2)6-15-4-3-5-33-22(12-35-31-25(15)33)17-7-18(26)24(28)19(27)8-17/h6-11,13,22H,3-5,12H2,1-2H3/b15-6-. The highest BCUT2D eigenvalue weighted by Crippen LogP contribution is 2.35. The number of methoxy groups -OCH3 is 1. The first-order valence-corrected chi connectivity index (χ1v) is 12.1. The zero-order valence-electron chi connectivity index (χ0n) is 19.1. The fourth-order valence-corrected chi connectivity index (χ4v) is 5.08. The van der Waals surface area contributed by atoms with Gasteiger partial charge in [-0.2, -0.15) is 0 Å². The molecule has 35 heavy (non-hydrogen) atoms. The summed E-state index contributed by atoms with van der Waals surface area (Å²) in [4.78, 5) is 11.7. The minimum absolute atomic E-state index is 0.117. The number of piperidine rings is 1. The highest BCUT2D eigenvalue weighted by Gasteiger charge is 2.34. The Morgan fingerprint density at radius 1 is 1.17 bits per heavy atom. The first-order chi connectivity index (χ1) is 16.9. The van der Waals surface area contributed by atoms with Gasteiger partial charge in [0.1, 0.15) is 12.4 Å². The number of halogens is 4. The summed E-state index contributed by atoms with van der Waals surface area (Å²) in [5.41, 5.74) is 3.98. The Bertz CT molecular complexity index is 1330. The molecule has 0 N–H and O–H groups in total. The van der Waals surface area contributed by atoms with Crippen LogP contribution in [0, 0.1) is 27.9 Å². The molecule has 1 saturated heterocycles. The number of oxime groups is 1. The topological polar surface area (TPSA) is 51.9 Å². The Morgan fingerprint density at radius 2 is 1.94 bits per heavy atom. The summed E-state index contributed by atoms with van der Waals surface area (Å²) in [6.45, 7) is 2.69. The van der Waals surface area contributed by atoms with Gasteiger partial charge in [-0.3, -0.25) is 0 Å². The van der Waals surface area contributed by atoms with Crippen LogP contribution in [0.5, 0.6) is 5.75 Å². The molecule has 2 aliphatic heterocycles. The van der Waals surface area contributed by atoms with Crippen LogP contribution < -0.4 is 4.74 Å². The summed E-state index contributed by atoms with van der Waals surface area (Å²) in [6, 6.07) is 5.57. The maximum atomic E-state index is 13.9. The van der Waals surface area contributed by atoms with E-state index in [-0.39, 0.29) is 6.61 Å². The normalized spacial score (nSPS) is 18.8. The van der Waals surface area contributed by atoms with Gasteiger partial charge in [0.25, 0.3) is 0 Å². The van der Waals surface area contributed by atoms with Gasteiger partial charge in [0.2, 0.25) is 0 Å². The summed E-state index contributed by atoms with van der Waals surface area (Å²) in [6.07, 6.45) is 7.30. The van der Waals surface area contributed by atoms with E-state index < -0.39 is 23.5 Å². The summed E-state index contributed by atoms with van der Waals surface area (Å²) in [5, 5.41) is 4.27. The smallest absolute Gasteiger partial charge is 0.194 e. The minimum atomic E-state index is -1.48. The lowest BCUT2D eigenvalue weighted by Crippen LogP contribution is -2.44. The molecule has 10 heteroatoms. The van der Waals surface area contributed by atoms with Crippen LogP contribution in [0.25, 0.3) is 11.8 Å². The highest BCUT2D eigenvalue weighted by atomic mass is 127. The second kappa shape index (κ2) is 9.56. The first kappa shape index (κ1) is 23.7. The van der Waals surface area contributed by atoms with Crippen molar-refractivity contribution in [1.29, 1.82) is 0 Å². The number of ether oxygens (including phenoxy) is 1.